The Hall–Kier alpha value is -1.85. The van der Waals surface area contributed by atoms with Crippen molar-refractivity contribution >= 4 is 18.3 Å². The van der Waals surface area contributed by atoms with Gasteiger partial charge < -0.3 is 11.1 Å². The second kappa shape index (κ2) is 8.31. The molecule has 0 saturated heterocycles. The van der Waals surface area contributed by atoms with E-state index in [9.17, 15) is 4.79 Å². The first-order valence-corrected chi connectivity index (χ1v) is 7.99. The van der Waals surface area contributed by atoms with Gasteiger partial charge in [0.15, 0.2) is 0 Å². The Bertz CT molecular complexity index is 669. The minimum atomic E-state index is -0.410. The van der Waals surface area contributed by atoms with Crippen LogP contribution in [0.2, 0.25) is 0 Å². The molecule has 2 rings (SSSR count). The number of benzene rings is 1. The molecule has 0 radical (unpaired) electrons. The Balaban J connectivity index is 0.00000288. The number of nitrogens with zero attached hydrogens (tertiary/aromatic N) is 2. The van der Waals surface area contributed by atoms with Gasteiger partial charge in [-0.2, -0.15) is 5.10 Å². The molecule has 1 unspecified atom stereocenters. The van der Waals surface area contributed by atoms with Crippen LogP contribution in [-0.2, 0) is 0 Å². The molecular weight excluding hydrogens is 324 g/mol. The van der Waals surface area contributed by atoms with Gasteiger partial charge in [0, 0.05) is 12.1 Å². The number of hydrogen-bond donors (Lipinski definition) is 2. The van der Waals surface area contributed by atoms with E-state index in [1.807, 2.05) is 44.2 Å². The average molecular weight is 351 g/mol. The van der Waals surface area contributed by atoms with Gasteiger partial charge in [0.25, 0.3) is 5.91 Å². The minimum absolute atomic E-state index is 0. The normalized spacial score (nSPS) is 13.2. The third-order valence-corrected chi connectivity index (χ3v) is 3.98. The van der Waals surface area contributed by atoms with Crippen molar-refractivity contribution < 1.29 is 4.79 Å². The summed E-state index contributed by atoms with van der Waals surface area (Å²) in [5, 5.41) is 7.43. The molecule has 0 aliphatic heterocycles. The van der Waals surface area contributed by atoms with E-state index in [1.165, 1.54) is 0 Å². The lowest BCUT2D eigenvalue weighted by Gasteiger charge is -2.31. The molecule has 0 saturated carbocycles. The molecule has 1 aromatic heterocycles. The summed E-state index contributed by atoms with van der Waals surface area (Å²) >= 11 is 0. The SMILES string of the molecule is Cc1c(C(=O)NC(C)(CN)CC(C)C)cnn1-c1ccccc1.Cl. The predicted octanol–water partition coefficient (Wildman–Crippen LogP) is 3.10. The van der Waals surface area contributed by atoms with Crippen LogP contribution in [0.25, 0.3) is 5.69 Å². The van der Waals surface area contributed by atoms with Gasteiger partial charge in [-0.1, -0.05) is 32.0 Å². The summed E-state index contributed by atoms with van der Waals surface area (Å²) in [5.74, 6) is 0.329. The van der Waals surface area contributed by atoms with Crippen LogP contribution in [0.5, 0.6) is 0 Å². The van der Waals surface area contributed by atoms with Gasteiger partial charge in [-0.3, -0.25) is 4.79 Å². The lowest BCUT2D eigenvalue weighted by atomic mass is 9.90. The molecule has 0 aliphatic rings. The van der Waals surface area contributed by atoms with Gasteiger partial charge in [0.2, 0.25) is 0 Å². The van der Waals surface area contributed by atoms with Crippen LogP contribution in [0.15, 0.2) is 36.5 Å². The fraction of sp³-hybridized carbons (Fsp3) is 0.444. The third kappa shape index (κ3) is 4.58. The van der Waals surface area contributed by atoms with Gasteiger partial charge in [-0.25, -0.2) is 4.68 Å². The Morgan fingerprint density at radius 3 is 2.50 bits per heavy atom. The molecule has 5 nitrogen and oxygen atoms in total. The van der Waals surface area contributed by atoms with E-state index >= 15 is 0 Å². The zero-order chi connectivity index (χ0) is 17.0. The van der Waals surface area contributed by atoms with Crippen molar-refractivity contribution in [2.45, 2.75) is 39.7 Å². The van der Waals surface area contributed by atoms with Crippen molar-refractivity contribution in [2.24, 2.45) is 11.7 Å². The highest BCUT2D eigenvalue weighted by Gasteiger charge is 2.27. The molecule has 132 valence electrons. The summed E-state index contributed by atoms with van der Waals surface area (Å²) in [7, 11) is 0. The number of rotatable bonds is 6. The zero-order valence-corrected chi connectivity index (χ0v) is 15.6. The first-order valence-electron chi connectivity index (χ1n) is 7.99. The quantitative estimate of drug-likeness (QED) is 0.840. The molecule has 1 atom stereocenters. The zero-order valence-electron chi connectivity index (χ0n) is 14.7. The number of nitrogens with two attached hydrogens (primary N) is 1. The topological polar surface area (TPSA) is 72.9 Å². The highest BCUT2D eigenvalue weighted by molar-refractivity contribution is 5.95. The van der Waals surface area contributed by atoms with E-state index in [0.717, 1.165) is 17.8 Å². The van der Waals surface area contributed by atoms with Crippen molar-refractivity contribution in [3.63, 3.8) is 0 Å². The number of carbonyl (C=O) groups is 1. The van der Waals surface area contributed by atoms with Crippen molar-refractivity contribution in [1.82, 2.24) is 15.1 Å². The summed E-state index contributed by atoms with van der Waals surface area (Å²) in [6.45, 7) is 8.54. The van der Waals surface area contributed by atoms with Crippen LogP contribution in [-0.4, -0.2) is 27.8 Å². The molecule has 1 aromatic carbocycles. The Morgan fingerprint density at radius 2 is 1.96 bits per heavy atom. The fourth-order valence-corrected chi connectivity index (χ4v) is 2.89. The molecule has 1 amide bonds. The number of aromatic nitrogens is 2. The number of carbonyl (C=O) groups excluding carboxylic acids is 1. The van der Waals surface area contributed by atoms with E-state index in [-0.39, 0.29) is 18.3 Å². The molecule has 3 N–H and O–H groups in total. The van der Waals surface area contributed by atoms with Gasteiger partial charge in [0.1, 0.15) is 0 Å². The maximum atomic E-state index is 12.6. The van der Waals surface area contributed by atoms with Crippen LogP contribution in [0.3, 0.4) is 0 Å². The number of amides is 1. The Morgan fingerprint density at radius 1 is 1.33 bits per heavy atom. The molecule has 2 aromatic rings. The van der Waals surface area contributed by atoms with Crippen molar-refractivity contribution in [1.29, 1.82) is 0 Å². The van der Waals surface area contributed by atoms with Crippen molar-refractivity contribution in [3.8, 4) is 5.69 Å². The Labute approximate surface area is 150 Å². The maximum absolute atomic E-state index is 12.6. The monoisotopic (exact) mass is 350 g/mol. The fourth-order valence-electron chi connectivity index (χ4n) is 2.89. The summed E-state index contributed by atoms with van der Waals surface area (Å²) < 4.78 is 1.77. The Kier molecular flexibility index (Phi) is 6.99. The van der Waals surface area contributed by atoms with Crippen LogP contribution in [0.4, 0.5) is 0 Å². The second-order valence-corrected chi connectivity index (χ2v) is 6.71. The van der Waals surface area contributed by atoms with E-state index in [2.05, 4.69) is 24.3 Å². The van der Waals surface area contributed by atoms with Gasteiger partial charge in [0.05, 0.1) is 23.1 Å². The molecule has 0 aliphatic carbocycles. The first kappa shape index (κ1) is 20.2. The average Bonchev–Trinajstić information content (AvgIpc) is 2.89. The van der Waals surface area contributed by atoms with Gasteiger partial charge in [-0.05, 0) is 38.3 Å². The predicted molar refractivity (Wildman–Crippen MR) is 99.9 cm³/mol. The van der Waals surface area contributed by atoms with Gasteiger partial charge >= 0.3 is 0 Å². The lowest BCUT2D eigenvalue weighted by Crippen LogP contribution is -2.52. The molecule has 0 bridgehead atoms. The highest BCUT2D eigenvalue weighted by atomic mass is 35.5. The second-order valence-electron chi connectivity index (χ2n) is 6.71. The third-order valence-electron chi connectivity index (χ3n) is 3.98. The van der Waals surface area contributed by atoms with E-state index < -0.39 is 5.54 Å². The van der Waals surface area contributed by atoms with Crippen molar-refractivity contribution in [2.75, 3.05) is 6.54 Å². The number of halogens is 1. The van der Waals surface area contributed by atoms with E-state index in [0.29, 0.717) is 18.0 Å². The summed E-state index contributed by atoms with van der Waals surface area (Å²) in [6, 6.07) is 9.78. The standard InChI is InChI=1S/C18H26N4O.ClH/c1-13(2)10-18(4,12-19)21-17(23)16-11-20-22(14(16)3)15-8-6-5-7-9-15;/h5-9,11,13H,10,12,19H2,1-4H3,(H,21,23);1H. The summed E-state index contributed by atoms with van der Waals surface area (Å²) in [5.41, 5.74) is 7.81. The first-order chi connectivity index (χ1) is 10.9. The van der Waals surface area contributed by atoms with Gasteiger partial charge in [-0.15, -0.1) is 12.4 Å². The van der Waals surface area contributed by atoms with E-state index in [4.69, 9.17) is 5.73 Å². The maximum Gasteiger partial charge on any atom is 0.255 e. The smallest absolute Gasteiger partial charge is 0.255 e. The van der Waals surface area contributed by atoms with Crippen LogP contribution in [0.1, 0.15) is 43.2 Å². The number of hydrogen-bond acceptors (Lipinski definition) is 3. The highest BCUT2D eigenvalue weighted by Crippen LogP contribution is 2.18. The number of para-hydroxylation sites is 1. The van der Waals surface area contributed by atoms with E-state index in [1.54, 1.807) is 10.9 Å². The minimum Gasteiger partial charge on any atom is -0.345 e. The molecule has 0 fully saturated rings. The summed E-state index contributed by atoms with van der Waals surface area (Å²) in [4.78, 5) is 12.6. The summed E-state index contributed by atoms with van der Waals surface area (Å²) in [6.07, 6.45) is 2.45. The molecule has 24 heavy (non-hydrogen) atoms. The molecular formula is C18H27ClN4O. The van der Waals surface area contributed by atoms with Crippen LogP contribution < -0.4 is 11.1 Å². The lowest BCUT2D eigenvalue weighted by molar-refractivity contribution is 0.0897. The van der Waals surface area contributed by atoms with Crippen molar-refractivity contribution in [3.05, 3.63) is 47.8 Å². The molecule has 6 heteroatoms. The largest absolute Gasteiger partial charge is 0.345 e. The molecule has 1 heterocycles. The van der Waals surface area contributed by atoms with Crippen LogP contribution >= 0.6 is 12.4 Å². The van der Waals surface area contributed by atoms with Crippen LogP contribution in [0, 0.1) is 12.8 Å². The molecule has 0 spiro atoms. The number of nitrogens with one attached hydrogen (secondary N) is 1.